The molecule has 0 fully saturated rings. The van der Waals surface area contributed by atoms with Crippen LogP contribution in [0, 0.1) is 0 Å². The summed E-state index contributed by atoms with van der Waals surface area (Å²) in [6.07, 6.45) is -0.556. The smallest absolute Gasteiger partial charge is 0.234 e. The molecule has 0 saturated carbocycles. The number of hydrogen-bond donors (Lipinski definition) is 2. The molecule has 0 radical (unpaired) electrons. The van der Waals surface area contributed by atoms with Crippen LogP contribution in [0.2, 0.25) is 5.02 Å². The maximum atomic E-state index is 11.8. The van der Waals surface area contributed by atoms with Crippen molar-refractivity contribution in [2.24, 2.45) is 0 Å². The lowest BCUT2D eigenvalue weighted by atomic mass is 10.1. The number of anilines is 1. The molecule has 0 aliphatic heterocycles. The van der Waals surface area contributed by atoms with E-state index in [1.807, 2.05) is 30.3 Å². The number of benzene rings is 2. The van der Waals surface area contributed by atoms with Gasteiger partial charge in [-0.3, -0.25) is 4.79 Å². The highest BCUT2D eigenvalue weighted by molar-refractivity contribution is 7.99. The predicted octanol–water partition coefficient (Wildman–Crippen LogP) is 3.75. The fourth-order valence-corrected chi connectivity index (χ4v) is 2.68. The Labute approximate surface area is 133 Å². The number of aliphatic hydroxyl groups is 1. The number of hydrogen-bond acceptors (Lipinski definition) is 3. The van der Waals surface area contributed by atoms with Crippen LogP contribution >= 0.6 is 23.4 Å². The maximum absolute atomic E-state index is 11.8. The highest BCUT2D eigenvalue weighted by Crippen LogP contribution is 2.18. The van der Waals surface area contributed by atoms with Crippen molar-refractivity contribution in [2.45, 2.75) is 6.10 Å². The normalized spacial score (nSPS) is 11.9. The zero-order chi connectivity index (χ0) is 15.1. The molecule has 1 amide bonds. The number of nitrogens with one attached hydrogen (secondary N) is 1. The van der Waals surface area contributed by atoms with Gasteiger partial charge in [-0.05, 0) is 29.8 Å². The van der Waals surface area contributed by atoms with Gasteiger partial charge in [-0.2, -0.15) is 0 Å². The van der Waals surface area contributed by atoms with Gasteiger partial charge in [-0.25, -0.2) is 0 Å². The van der Waals surface area contributed by atoms with E-state index in [4.69, 9.17) is 11.6 Å². The van der Waals surface area contributed by atoms with Gasteiger partial charge in [0.25, 0.3) is 0 Å². The van der Waals surface area contributed by atoms with E-state index in [1.165, 1.54) is 11.8 Å². The molecule has 0 aliphatic rings. The van der Waals surface area contributed by atoms with Crippen molar-refractivity contribution < 1.29 is 9.90 Å². The van der Waals surface area contributed by atoms with E-state index in [-0.39, 0.29) is 5.91 Å². The van der Waals surface area contributed by atoms with Gasteiger partial charge in [0.2, 0.25) is 5.91 Å². The SMILES string of the molecule is O=C(CSC[C@@H](O)c1ccccc1)Nc1ccc(Cl)cc1. The molecular weight excluding hydrogens is 306 g/mol. The largest absolute Gasteiger partial charge is 0.388 e. The van der Waals surface area contributed by atoms with E-state index in [9.17, 15) is 9.90 Å². The first-order chi connectivity index (χ1) is 10.1. The van der Waals surface area contributed by atoms with Gasteiger partial charge in [-0.1, -0.05) is 41.9 Å². The summed E-state index contributed by atoms with van der Waals surface area (Å²) in [5.74, 6) is 0.687. The van der Waals surface area contributed by atoms with Crippen LogP contribution in [0.25, 0.3) is 0 Å². The van der Waals surface area contributed by atoms with E-state index in [0.29, 0.717) is 22.2 Å². The summed E-state index contributed by atoms with van der Waals surface area (Å²) in [4.78, 5) is 11.8. The van der Waals surface area contributed by atoms with Crippen molar-refractivity contribution in [3.05, 3.63) is 65.2 Å². The van der Waals surface area contributed by atoms with Gasteiger partial charge in [-0.15, -0.1) is 11.8 Å². The lowest BCUT2D eigenvalue weighted by molar-refractivity contribution is -0.113. The van der Waals surface area contributed by atoms with Gasteiger partial charge in [0.1, 0.15) is 0 Å². The van der Waals surface area contributed by atoms with E-state index < -0.39 is 6.10 Å². The molecule has 3 nitrogen and oxygen atoms in total. The summed E-state index contributed by atoms with van der Waals surface area (Å²) in [6, 6.07) is 16.4. The summed E-state index contributed by atoms with van der Waals surface area (Å²) >= 11 is 7.18. The van der Waals surface area contributed by atoms with Gasteiger partial charge >= 0.3 is 0 Å². The minimum absolute atomic E-state index is 0.0948. The Morgan fingerprint density at radius 3 is 2.48 bits per heavy atom. The highest BCUT2D eigenvalue weighted by atomic mass is 35.5. The van der Waals surface area contributed by atoms with Gasteiger partial charge < -0.3 is 10.4 Å². The Hall–Kier alpha value is -1.49. The van der Waals surface area contributed by atoms with Crippen LogP contribution in [-0.4, -0.2) is 22.5 Å². The Morgan fingerprint density at radius 1 is 1.14 bits per heavy atom. The Morgan fingerprint density at radius 2 is 1.81 bits per heavy atom. The third-order valence-electron chi connectivity index (χ3n) is 2.82. The number of halogens is 1. The molecular formula is C16H16ClNO2S. The molecule has 110 valence electrons. The number of aliphatic hydroxyl groups excluding tert-OH is 1. The van der Waals surface area contributed by atoms with Crippen molar-refractivity contribution in [2.75, 3.05) is 16.8 Å². The van der Waals surface area contributed by atoms with Crippen LogP contribution in [-0.2, 0) is 4.79 Å². The molecule has 21 heavy (non-hydrogen) atoms. The number of thioether (sulfide) groups is 1. The fourth-order valence-electron chi connectivity index (χ4n) is 1.76. The molecule has 2 aromatic carbocycles. The van der Waals surface area contributed by atoms with Crippen LogP contribution < -0.4 is 5.32 Å². The van der Waals surface area contributed by atoms with Crippen LogP contribution in [0.4, 0.5) is 5.69 Å². The first kappa shape index (κ1) is 15.9. The topological polar surface area (TPSA) is 49.3 Å². The van der Waals surface area contributed by atoms with Crippen LogP contribution in [0.15, 0.2) is 54.6 Å². The third-order valence-corrected chi connectivity index (χ3v) is 4.09. The standard InChI is InChI=1S/C16H16ClNO2S/c17-13-6-8-14(9-7-13)18-16(20)11-21-10-15(19)12-4-2-1-3-5-12/h1-9,15,19H,10-11H2,(H,18,20)/t15-/m1/s1. The number of carbonyl (C=O) groups excluding carboxylic acids is 1. The molecule has 0 spiro atoms. The quantitative estimate of drug-likeness (QED) is 0.852. The number of rotatable bonds is 6. The molecule has 0 bridgehead atoms. The average molecular weight is 322 g/mol. The highest BCUT2D eigenvalue weighted by Gasteiger charge is 2.09. The zero-order valence-electron chi connectivity index (χ0n) is 11.3. The summed E-state index contributed by atoms with van der Waals surface area (Å²) in [5, 5.41) is 13.4. The van der Waals surface area contributed by atoms with E-state index in [2.05, 4.69) is 5.32 Å². The molecule has 0 saturated heterocycles. The van der Waals surface area contributed by atoms with Crippen molar-refractivity contribution in [1.82, 2.24) is 0 Å². The second kappa shape index (κ2) is 8.08. The maximum Gasteiger partial charge on any atom is 0.234 e. The van der Waals surface area contributed by atoms with Gasteiger partial charge in [0.05, 0.1) is 11.9 Å². The lowest BCUT2D eigenvalue weighted by Crippen LogP contribution is -2.15. The fraction of sp³-hybridized carbons (Fsp3) is 0.188. The Bertz CT molecular complexity index is 575. The van der Waals surface area contributed by atoms with E-state index >= 15 is 0 Å². The zero-order valence-corrected chi connectivity index (χ0v) is 12.9. The monoisotopic (exact) mass is 321 g/mol. The van der Waals surface area contributed by atoms with Gasteiger partial charge in [0.15, 0.2) is 0 Å². The van der Waals surface area contributed by atoms with Crippen LogP contribution in [0.1, 0.15) is 11.7 Å². The number of amides is 1. The van der Waals surface area contributed by atoms with Crippen molar-refractivity contribution in [1.29, 1.82) is 0 Å². The summed E-state index contributed by atoms with van der Waals surface area (Å²) in [5.41, 5.74) is 1.58. The molecule has 2 rings (SSSR count). The first-order valence-electron chi connectivity index (χ1n) is 6.51. The van der Waals surface area contributed by atoms with Crippen molar-refractivity contribution >= 4 is 35.0 Å². The van der Waals surface area contributed by atoms with Crippen molar-refractivity contribution in [3.8, 4) is 0 Å². The third kappa shape index (κ3) is 5.42. The molecule has 0 unspecified atom stereocenters. The molecule has 0 heterocycles. The molecule has 1 atom stereocenters. The second-order valence-corrected chi connectivity index (χ2v) is 5.96. The molecule has 0 aromatic heterocycles. The van der Waals surface area contributed by atoms with Gasteiger partial charge in [0, 0.05) is 16.5 Å². The average Bonchev–Trinajstić information content (AvgIpc) is 2.50. The second-order valence-electron chi connectivity index (χ2n) is 4.50. The summed E-state index contributed by atoms with van der Waals surface area (Å²) in [6.45, 7) is 0. The number of carbonyl (C=O) groups is 1. The minimum Gasteiger partial charge on any atom is -0.388 e. The predicted molar refractivity (Wildman–Crippen MR) is 88.8 cm³/mol. The lowest BCUT2D eigenvalue weighted by Gasteiger charge is -2.10. The van der Waals surface area contributed by atoms with Crippen LogP contribution in [0.5, 0.6) is 0 Å². The summed E-state index contributed by atoms with van der Waals surface area (Å²) < 4.78 is 0. The van der Waals surface area contributed by atoms with E-state index in [1.54, 1.807) is 24.3 Å². The summed E-state index contributed by atoms with van der Waals surface area (Å²) in [7, 11) is 0. The molecule has 5 heteroatoms. The van der Waals surface area contributed by atoms with Crippen LogP contribution in [0.3, 0.4) is 0 Å². The molecule has 2 N–H and O–H groups in total. The Kier molecular flexibility index (Phi) is 6.11. The first-order valence-corrected chi connectivity index (χ1v) is 8.04. The molecule has 2 aromatic rings. The Balaban J connectivity index is 1.73. The van der Waals surface area contributed by atoms with E-state index in [0.717, 1.165) is 5.56 Å². The van der Waals surface area contributed by atoms with Crippen molar-refractivity contribution in [3.63, 3.8) is 0 Å². The minimum atomic E-state index is -0.556. The molecule has 0 aliphatic carbocycles.